The Morgan fingerprint density at radius 2 is 1.93 bits per heavy atom. The molecule has 2 N–H and O–H groups in total. The Kier molecular flexibility index (Phi) is 8.91. The number of para-hydroxylation sites is 2. The molecule has 1 aromatic rings. The van der Waals surface area contributed by atoms with Crippen molar-refractivity contribution >= 4 is 24.1 Å². The van der Waals surface area contributed by atoms with Crippen LogP contribution < -0.4 is 10.1 Å². The average Bonchev–Trinajstić information content (AvgIpc) is 3.16. The second kappa shape index (κ2) is 11.4. The molecule has 2 heterocycles. The van der Waals surface area contributed by atoms with Crippen molar-refractivity contribution in [1.29, 1.82) is 0 Å². The smallest absolute Gasteiger partial charge is 0.322 e. The van der Waals surface area contributed by atoms with E-state index in [0.717, 1.165) is 32.2 Å². The van der Waals surface area contributed by atoms with Crippen LogP contribution in [0, 0.1) is 0 Å². The molecule has 3 amide bonds. The van der Waals surface area contributed by atoms with Gasteiger partial charge in [0.05, 0.1) is 18.9 Å². The summed E-state index contributed by atoms with van der Waals surface area (Å²) in [6.45, 7) is 4.57. The number of nitrogens with zero attached hydrogens (tertiary/aromatic N) is 2. The molecule has 0 radical (unpaired) electrons. The first-order valence-electron chi connectivity index (χ1n) is 10.2. The van der Waals surface area contributed by atoms with Gasteiger partial charge in [-0.15, -0.1) is 0 Å². The number of nitrogens with one attached hydrogen (secondary N) is 1. The van der Waals surface area contributed by atoms with Crippen LogP contribution in [0.1, 0.15) is 32.6 Å². The maximum absolute atomic E-state index is 13.2. The molecule has 1 unspecified atom stereocenters. The third kappa shape index (κ3) is 5.21. The highest BCUT2D eigenvalue weighted by molar-refractivity contribution is 5.97. The van der Waals surface area contributed by atoms with Crippen LogP contribution in [-0.4, -0.2) is 78.8 Å². The molecule has 0 aliphatic carbocycles. The first-order chi connectivity index (χ1) is 14.5. The normalized spacial score (nSPS) is 20.5. The summed E-state index contributed by atoms with van der Waals surface area (Å²) in [5.74, 6) is 0.690. The highest BCUT2D eigenvalue weighted by Gasteiger charge is 2.52. The minimum Gasteiger partial charge on any atom is -0.492 e. The van der Waals surface area contributed by atoms with Gasteiger partial charge in [-0.3, -0.25) is 9.59 Å². The molecule has 9 heteroatoms. The van der Waals surface area contributed by atoms with Crippen molar-refractivity contribution in [2.45, 2.75) is 38.1 Å². The van der Waals surface area contributed by atoms with Gasteiger partial charge < -0.3 is 29.7 Å². The number of ether oxygens (including phenoxy) is 2. The van der Waals surface area contributed by atoms with Crippen LogP contribution in [0.4, 0.5) is 10.5 Å². The lowest BCUT2D eigenvalue weighted by Crippen LogP contribution is -2.62. The zero-order valence-corrected chi connectivity index (χ0v) is 17.6. The summed E-state index contributed by atoms with van der Waals surface area (Å²) in [6, 6.07) is 7.14. The summed E-state index contributed by atoms with van der Waals surface area (Å²) >= 11 is 0. The summed E-state index contributed by atoms with van der Waals surface area (Å²) < 4.78 is 10.7. The lowest BCUT2D eigenvalue weighted by molar-refractivity contribution is -0.146. The number of carboxylic acid groups (broad SMARTS) is 1. The Morgan fingerprint density at radius 1 is 1.27 bits per heavy atom. The van der Waals surface area contributed by atoms with E-state index in [1.165, 1.54) is 0 Å². The van der Waals surface area contributed by atoms with Gasteiger partial charge in [0.1, 0.15) is 11.3 Å². The number of likely N-dealkylation sites (tertiary alicyclic amines) is 2. The molecule has 1 aromatic carbocycles. The Hall–Kier alpha value is -2.81. The topological polar surface area (TPSA) is 108 Å². The fourth-order valence-electron chi connectivity index (χ4n) is 4.17. The van der Waals surface area contributed by atoms with Crippen molar-refractivity contribution in [1.82, 2.24) is 9.80 Å². The Morgan fingerprint density at radius 3 is 2.60 bits per heavy atom. The molecule has 9 nitrogen and oxygen atoms in total. The van der Waals surface area contributed by atoms with E-state index in [1.807, 2.05) is 36.1 Å². The first-order valence-corrected chi connectivity index (χ1v) is 10.2. The maximum Gasteiger partial charge on any atom is 0.322 e. The molecule has 2 fully saturated rings. The predicted octanol–water partition coefficient (Wildman–Crippen LogP) is 2.42. The van der Waals surface area contributed by atoms with Gasteiger partial charge in [0.25, 0.3) is 6.47 Å². The van der Waals surface area contributed by atoms with Gasteiger partial charge in [0, 0.05) is 26.7 Å². The molecule has 2 saturated heterocycles. The predicted molar refractivity (Wildman–Crippen MR) is 112 cm³/mol. The van der Waals surface area contributed by atoms with Crippen LogP contribution in [0.25, 0.3) is 0 Å². The summed E-state index contributed by atoms with van der Waals surface area (Å²) in [4.78, 5) is 38.2. The second-order valence-corrected chi connectivity index (χ2v) is 7.14. The van der Waals surface area contributed by atoms with Crippen molar-refractivity contribution < 1.29 is 29.0 Å². The van der Waals surface area contributed by atoms with E-state index in [-0.39, 0.29) is 18.4 Å². The summed E-state index contributed by atoms with van der Waals surface area (Å²) in [5, 5.41) is 9.84. The number of rotatable bonds is 6. The minimum atomic E-state index is -0.726. The Labute approximate surface area is 176 Å². The lowest BCUT2D eigenvalue weighted by atomic mass is 9.85. The van der Waals surface area contributed by atoms with Crippen molar-refractivity contribution in [3.8, 4) is 5.75 Å². The molecule has 30 heavy (non-hydrogen) atoms. The number of methoxy groups -OCH3 is 1. The van der Waals surface area contributed by atoms with Gasteiger partial charge in [-0.25, -0.2) is 4.79 Å². The number of carbonyl (C=O) groups excluding carboxylic acids is 2. The Bertz CT molecular complexity index is 728. The number of amides is 3. The van der Waals surface area contributed by atoms with Gasteiger partial charge in [0.15, 0.2) is 0 Å². The SMILES string of the molecule is CCOc1ccccc1NC(=O)N1CCCC12CCCN(CCOC)C2=O.O=CO. The maximum atomic E-state index is 13.2. The molecule has 3 rings (SSSR count). The van der Waals surface area contributed by atoms with Crippen LogP contribution in [0.5, 0.6) is 5.75 Å². The third-order valence-corrected chi connectivity index (χ3v) is 5.43. The molecular weight excluding hydrogens is 390 g/mol. The van der Waals surface area contributed by atoms with E-state index >= 15 is 0 Å². The lowest BCUT2D eigenvalue weighted by Gasteiger charge is -2.44. The van der Waals surface area contributed by atoms with Crippen LogP contribution in [0.15, 0.2) is 24.3 Å². The van der Waals surface area contributed by atoms with Crippen molar-refractivity contribution in [3.63, 3.8) is 0 Å². The van der Waals surface area contributed by atoms with Gasteiger partial charge >= 0.3 is 6.03 Å². The van der Waals surface area contributed by atoms with Crippen LogP contribution in [0.2, 0.25) is 0 Å². The van der Waals surface area contributed by atoms with Crippen molar-refractivity contribution in [3.05, 3.63) is 24.3 Å². The molecule has 2 aliphatic rings. The van der Waals surface area contributed by atoms with Crippen LogP contribution in [-0.2, 0) is 14.3 Å². The fraction of sp³-hybridized carbons (Fsp3) is 0.571. The standard InChI is InChI=1S/C20H29N3O4.CH2O2/c1-3-27-17-9-5-4-8-16(17)21-19(25)23-13-7-11-20(23)10-6-12-22(18(20)24)14-15-26-2;2-1-3/h4-5,8-9H,3,6-7,10-15H2,1-2H3,(H,21,25);1H,(H,2,3). The van der Waals surface area contributed by atoms with E-state index in [0.29, 0.717) is 37.7 Å². The number of anilines is 1. The summed E-state index contributed by atoms with van der Waals surface area (Å²) in [6.07, 6.45) is 3.17. The summed E-state index contributed by atoms with van der Waals surface area (Å²) in [5.41, 5.74) is -0.0951. The number of urea groups is 1. The Balaban J connectivity index is 0.00000101. The number of hydrogen-bond donors (Lipinski definition) is 2. The quantitative estimate of drug-likeness (QED) is 0.683. The molecule has 1 spiro atoms. The van der Waals surface area contributed by atoms with Crippen LogP contribution >= 0.6 is 0 Å². The minimum absolute atomic E-state index is 0.0524. The highest BCUT2D eigenvalue weighted by Crippen LogP contribution is 2.39. The van der Waals surface area contributed by atoms with Crippen LogP contribution in [0.3, 0.4) is 0 Å². The molecule has 0 saturated carbocycles. The molecular formula is C21H31N3O6. The van der Waals surface area contributed by atoms with E-state index in [1.54, 1.807) is 12.0 Å². The monoisotopic (exact) mass is 421 g/mol. The zero-order valence-electron chi connectivity index (χ0n) is 17.6. The second-order valence-electron chi connectivity index (χ2n) is 7.14. The molecule has 0 bridgehead atoms. The number of benzene rings is 1. The van der Waals surface area contributed by atoms with Gasteiger partial charge in [-0.1, -0.05) is 12.1 Å². The van der Waals surface area contributed by atoms with E-state index < -0.39 is 5.54 Å². The average molecular weight is 421 g/mol. The molecule has 1 atom stereocenters. The number of carbonyl (C=O) groups is 3. The largest absolute Gasteiger partial charge is 0.492 e. The first kappa shape index (κ1) is 23.5. The zero-order chi connectivity index (χ0) is 22.0. The molecule has 2 aliphatic heterocycles. The molecule has 0 aromatic heterocycles. The third-order valence-electron chi connectivity index (χ3n) is 5.43. The van der Waals surface area contributed by atoms with E-state index in [9.17, 15) is 9.59 Å². The highest BCUT2D eigenvalue weighted by atomic mass is 16.5. The van der Waals surface area contributed by atoms with E-state index in [2.05, 4.69) is 5.32 Å². The van der Waals surface area contributed by atoms with Gasteiger partial charge in [-0.2, -0.15) is 0 Å². The van der Waals surface area contributed by atoms with Gasteiger partial charge in [0.2, 0.25) is 5.91 Å². The number of hydrogen-bond acceptors (Lipinski definition) is 5. The van der Waals surface area contributed by atoms with Crippen molar-refractivity contribution in [2.75, 3.05) is 45.3 Å². The molecule has 166 valence electrons. The fourth-order valence-corrected chi connectivity index (χ4v) is 4.17. The van der Waals surface area contributed by atoms with Crippen molar-refractivity contribution in [2.24, 2.45) is 0 Å². The summed E-state index contributed by atoms with van der Waals surface area (Å²) in [7, 11) is 1.63. The number of piperidine rings is 1. The van der Waals surface area contributed by atoms with E-state index in [4.69, 9.17) is 19.4 Å². The van der Waals surface area contributed by atoms with Gasteiger partial charge in [-0.05, 0) is 44.7 Å².